The van der Waals surface area contributed by atoms with E-state index in [2.05, 4.69) is 4.98 Å². The van der Waals surface area contributed by atoms with Crippen molar-refractivity contribution in [3.05, 3.63) is 39.3 Å². The molecule has 1 nitrogen and oxygen atoms in total. The van der Waals surface area contributed by atoms with Crippen LogP contribution in [0.1, 0.15) is 31.0 Å². The lowest BCUT2D eigenvalue weighted by atomic mass is 9.99. The Kier molecular flexibility index (Phi) is 3.28. The molecule has 0 aliphatic carbocycles. The zero-order valence-electron chi connectivity index (χ0n) is 9.81. The second kappa shape index (κ2) is 4.43. The predicted molar refractivity (Wildman–Crippen MR) is 70.5 cm³/mol. The van der Waals surface area contributed by atoms with E-state index in [1.807, 2.05) is 20.8 Å². The first kappa shape index (κ1) is 12.6. The minimum absolute atomic E-state index is 0.237. The number of pyridine rings is 1. The van der Waals surface area contributed by atoms with Gasteiger partial charge in [0.15, 0.2) is 0 Å². The molecular weight excluding hydrogens is 260 g/mol. The van der Waals surface area contributed by atoms with Gasteiger partial charge in [-0.15, -0.1) is 0 Å². The number of rotatable bonds is 1. The maximum atomic E-state index is 13.3. The van der Waals surface area contributed by atoms with Crippen molar-refractivity contribution in [2.24, 2.45) is 0 Å². The molecule has 2 rings (SSSR count). The lowest BCUT2D eigenvalue weighted by molar-refractivity contribution is 0.629. The van der Waals surface area contributed by atoms with Gasteiger partial charge in [0.25, 0.3) is 0 Å². The summed E-state index contributed by atoms with van der Waals surface area (Å²) in [7, 11) is 0. The third-order valence-electron chi connectivity index (χ3n) is 2.75. The molecule has 0 aliphatic rings. The summed E-state index contributed by atoms with van der Waals surface area (Å²) in [5.41, 5.74) is 2.34. The average Bonchev–Trinajstić information content (AvgIpc) is 2.19. The van der Waals surface area contributed by atoms with Gasteiger partial charge < -0.3 is 0 Å². The van der Waals surface area contributed by atoms with Crippen LogP contribution in [-0.2, 0) is 0 Å². The highest BCUT2D eigenvalue weighted by molar-refractivity contribution is 6.39. The van der Waals surface area contributed by atoms with Crippen molar-refractivity contribution < 1.29 is 4.39 Å². The van der Waals surface area contributed by atoms with E-state index < -0.39 is 5.82 Å². The maximum Gasteiger partial charge on any atom is 0.125 e. The van der Waals surface area contributed by atoms with Gasteiger partial charge in [-0.05, 0) is 30.5 Å². The smallest absolute Gasteiger partial charge is 0.125 e. The van der Waals surface area contributed by atoms with Gasteiger partial charge in [0, 0.05) is 11.1 Å². The standard InChI is InChI=1S/C13H12Cl2FN/c1-6(2)11-7(3)17-13-9(12(11)15)4-8(16)5-10(13)14/h4-6H,1-3H3. The summed E-state index contributed by atoms with van der Waals surface area (Å²) in [6.45, 7) is 5.95. The summed E-state index contributed by atoms with van der Waals surface area (Å²) >= 11 is 12.3. The molecule has 2 aromatic rings. The molecule has 17 heavy (non-hydrogen) atoms. The molecule has 0 spiro atoms. The minimum Gasteiger partial charge on any atom is -0.251 e. The number of hydrogen-bond donors (Lipinski definition) is 0. The molecule has 1 aromatic carbocycles. The summed E-state index contributed by atoms with van der Waals surface area (Å²) < 4.78 is 13.3. The Labute approximate surface area is 110 Å². The summed E-state index contributed by atoms with van der Waals surface area (Å²) in [5.74, 6) is -0.161. The van der Waals surface area contributed by atoms with Crippen LogP contribution in [0.4, 0.5) is 4.39 Å². The molecule has 0 saturated carbocycles. The van der Waals surface area contributed by atoms with E-state index in [1.165, 1.54) is 12.1 Å². The molecule has 90 valence electrons. The number of aryl methyl sites for hydroxylation is 1. The molecule has 0 unspecified atom stereocenters. The van der Waals surface area contributed by atoms with Crippen molar-refractivity contribution in [1.82, 2.24) is 4.98 Å². The Hall–Kier alpha value is -0.860. The normalized spacial score (nSPS) is 11.5. The van der Waals surface area contributed by atoms with E-state index in [9.17, 15) is 4.39 Å². The summed E-state index contributed by atoms with van der Waals surface area (Å²) in [5, 5.41) is 1.41. The van der Waals surface area contributed by atoms with Crippen LogP contribution < -0.4 is 0 Å². The third kappa shape index (κ3) is 2.12. The molecule has 1 heterocycles. The average molecular weight is 272 g/mol. The molecule has 0 bridgehead atoms. The van der Waals surface area contributed by atoms with Gasteiger partial charge in [-0.1, -0.05) is 37.0 Å². The van der Waals surface area contributed by atoms with Gasteiger partial charge in [-0.2, -0.15) is 0 Å². The highest BCUT2D eigenvalue weighted by Crippen LogP contribution is 2.35. The molecule has 0 radical (unpaired) electrons. The van der Waals surface area contributed by atoms with Crippen LogP contribution in [0.5, 0.6) is 0 Å². The fourth-order valence-corrected chi connectivity index (χ4v) is 2.80. The number of fused-ring (bicyclic) bond motifs is 1. The van der Waals surface area contributed by atoms with Gasteiger partial charge in [-0.3, -0.25) is 4.98 Å². The molecule has 0 fully saturated rings. The topological polar surface area (TPSA) is 12.9 Å². The summed E-state index contributed by atoms with van der Waals surface area (Å²) in [6, 6.07) is 2.63. The van der Waals surface area contributed by atoms with Crippen molar-refractivity contribution in [2.75, 3.05) is 0 Å². The third-order valence-corrected chi connectivity index (χ3v) is 3.44. The molecule has 1 aromatic heterocycles. The Bertz CT molecular complexity index is 594. The number of hydrogen-bond acceptors (Lipinski definition) is 1. The zero-order valence-corrected chi connectivity index (χ0v) is 11.3. The zero-order chi connectivity index (χ0) is 12.7. The Morgan fingerprint density at radius 2 is 1.88 bits per heavy atom. The fourth-order valence-electron chi connectivity index (χ4n) is 2.05. The predicted octanol–water partition coefficient (Wildman–Crippen LogP) is 5.11. The lowest BCUT2D eigenvalue weighted by Crippen LogP contribution is -1.99. The first-order valence-electron chi connectivity index (χ1n) is 5.36. The Balaban J connectivity index is 2.92. The van der Waals surface area contributed by atoms with Gasteiger partial charge in [0.1, 0.15) is 5.82 Å². The number of nitrogens with zero attached hydrogens (tertiary/aromatic N) is 1. The second-order valence-electron chi connectivity index (χ2n) is 4.36. The molecule has 0 saturated heterocycles. The fraction of sp³-hybridized carbons (Fsp3) is 0.308. The second-order valence-corrected chi connectivity index (χ2v) is 5.15. The quantitative estimate of drug-likeness (QED) is 0.702. The summed E-state index contributed by atoms with van der Waals surface area (Å²) in [4.78, 5) is 4.42. The monoisotopic (exact) mass is 271 g/mol. The van der Waals surface area contributed by atoms with E-state index in [1.54, 1.807) is 0 Å². The van der Waals surface area contributed by atoms with Crippen LogP contribution in [0.3, 0.4) is 0 Å². The van der Waals surface area contributed by atoms with Crippen molar-refractivity contribution in [3.63, 3.8) is 0 Å². The largest absolute Gasteiger partial charge is 0.251 e. The first-order chi connectivity index (χ1) is 7.91. The van der Waals surface area contributed by atoms with Crippen molar-refractivity contribution in [1.29, 1.82) is 0 Å². The molecular formula is C13H12Cl2FN. The van der Waals surface area contributed by atoms with Crippen LogP contribution >= 0.6 is 23.2 Å². The van der Waals surface area contributed by atoms with Crippen LogP contribution in [0, 0.1) is 12.7 Å². The number of benzene rings is 1. The van der Waals surface area contributed by atoms with Gasteiger partial charge in [0.05, 0.1) is 15.6 Å². The van der Waals surface area contributed by atoms with E-state index in [-0.39, 0.29) is 5.92 Å². The van der Waals surface area contributed by atoms with E-state index >= 15 is 0 Å². The molecule has 4 heteroatoms. The van der Waals surface area contributed by atoms with E-state index in [4.69, 9.17) is 23.2 Å². The summed E-state index contributed by atoms with van der Waals surface area (Å²) in [6.07, 6.45) is 0. The van der Waals surface area contributed by atoms with Crippen molar-refractivity contribution in [2.45, 2.75) is 26.7 Å². The molecule has 0 amide bonds. The number of aromatic nitrogens is 1. The SMILES string of the molecule is Cc1nc2c(Cl)cc(F)cc2c(Cl)c1C(C)C. The van der Waals surface area contributed by atoms with Crippen LogP contribution in [0.15, 0.2) is 12.1 Å². The van der Waals surface area contributed by atoms with Crippen LogP contribution in [0.2, 0.25) is 10.0 Å². The highest BCUT2D eigenvalue weighted by Gasteiger charge is 2.16. The molecule has 0 aliphatic heterocycles. The van der Waals surface area contributed by atoms with Gasteiger partial charge in [-0.25, -0.2) is 4.39 Å². The molecule has 0 atom stereocenters. The van der Waals surface area contributed by atoms with Crippen LogP contribution in [-0.4, -0.2) is 4.98 Å². The molecule has 0 N–H and O–H groups in total. The number of halogens is 3. The van der Waals surface area contributed by atoms with E-state index in [0.717, 1.165) is 11.3 Å². The minimum atomic E-state index is -0.398. The van der Waals surface area contributed by atoms with Gasteiger partial charge >= 0.3 is 0 Å². The Morgan fingerprint density at radius 3 is 2.47 bits per heavy atom. The van der Waals surface area contributed by atoms with E-state index in [0.29, 0.717) is 20.9 Å². The maximum absolute atomic E-state index is 13.3. The lowest BCUT2D eigenvalue weighted by Gasteiger charge is -2.14. The van der Waals surface area contributed by atoms with Crippen molar-refractivity contribution in [3.8, 4) is 0 Å². The van der Waals surface area contributed by atoms with Crippen LogP contribution in [0.25, 0.3) is 10.9 Å². The first-order valence-corrected chi connectivity index (χ1v) is 6.12. The van der Waals surface area contributed by atoms with Crippen molar-refractivity contribution >= 4 is 34.1 Å². The van der Waals surface area contributed by atoms with Gasteiger partial charge in [0.2, 0.25) is 0 Å². The highest BCUT2D eigenvalue weighted by atomic mass is 35.5. The Morgan fingerprint density at radius 1 is 1.24 bits per heavy atom.